The number of carbonyl (C=O) groups is 3. The molecule has 0 saturated carbocycles. The molecule has 3 rings (SSSR count). The molecule has 8 nitrogen and oxygen atoms in total. The lowest BCUT2D eigenvalue weighted by Crippen LogP contribution is -2.40. The standard InChI is InChI=1S/C19H18FN3O5S/c1-2-23(11-17(24)21-10-12-3-5-13(20)6-4-12)29(27,28)14-7-8-15-16(9-14)19(26)22-18(15)25/h3-9H,2,10-11H2,1H3,(H,21,24)(H,22,25,26). The van der Waals surface area contributed by atoms with Gasteiger partial charge in [-0.15, -0.1) is 0 Å². The smallest absolute Gasteiger partial charge is 0.258 e. The Bertz CT molecular complexity index is 1080. The number of hydrogen-bond donors (Lipinski definition) is 2. The summed E-state index contributed by atoms with van der Waals surface area (Å²) >= 11 is 0. The van der Waals surface area contributed by atoms with Crippen LogP contribution in [0.15, 0.2) is 47.4 Å². The van der Waals surface area contributed by atoms with Crippen molar-refractivity contribution >= 4 is 27.7 Å². The lowest BCUT2D eigenvalue weighted by molar-refractivity contribution is -0.121. The summed E-state index contributed by atoms with van der Waals surface area (Å²) in [5, 5.41) is 4.68. The number of sulfonamides is 1. The first-order valence-electron chi connectivity index (χ1n) is 8.73. The first-order valence-corrected chi connectivity index (χ1v) is 10.2. The number of benzene rings is 2. The molecular formula is C19H18FN3O5S. The zero-order valence-corrected chi connectivity index (χ0v) is 16.3. The molecule has 0 saturated heterocycles. The highest BCUT2D eigenvalue weighted by molar-refractivity contribution is 7.89. The zero-order chi connectivity index (χ0) is 21.2. The van der Waals surface area contributed by atoms with E-state index < -0.39 is 40.1 Å². The SMILES string of the molecule is CCN(CC(=O)NCc1ccc(F)cc1)S(=O)(=O)c1ccc2c(c1)C(=O)NC2=O. The van der Waals surface area contributed by atoms with E-state index in [-0.39, 0.29) is 29.1 Å². The van der Waals surface area contributed by atoms with Crippen molar-refractivity contribution in [1.29, 1.82) is 0 Å². The van der Waals surface area contributed by atoms with Gasteiger partial charge in [-0.3, -0.25) is 19.7 Å². The summed E-state index contributed by atoms with van der Waals surface area (Å²) in [7, 11) is -4.07. The average Bonchev–Trinajstić information content (AvgIpc) is 2.99. The van der Waals surface area contributed by atoms with Crippen LogP contribution < -0.4 is 10.6 Å². The van der Waals surface area contributed by atoms with Crippen molar-refractivity contribution in [1.82, 2.24) is 14.9 Å². The molecule has 1 aliphatic rings. The van der Waals surface area contributed by atoms with Gasteiger partial charge >= 0.3 is 0 Å². The normalized spacial score (nSPS) is 13.3. The number of rotatable bonds is 7. The van der Waals surface area contributed by atoms with Crippen molar-refractivity contribution in [2.24, 2.45) is 0 Å². The summed E-state index contributed by atoms with van der Waals surface area (Å²) in [4.78, 5) is 35.4. The summed E-state index contributed by atoms with van der Waals surface area (Å²) in [6.07, 6.45) is 0. The molecule has 0 atom stereocenters. The van der Waals surface area contributed by atoms with E-state index in [0.717, 1.165) is 10.4 Å². The minimum Gasteiger partial charge on any atom is -0.351 e. The maximum atomic E-state index is 12.9. The van der Waals surface area contributed by atoms with Crippen LogP contribution in [-0.2, 0) is 21.4 Å². The summed E-state index contributed by atoms with van der Waals surface area (Å²) in [5.74, 6) is -2.18. The van der Waals surface area contributed by atoms with E-state index in [1.807, 2.05) is 0 Å². The van der Waals surface area contributed by atoms with Gasteiger partial charge in [-0.1, -0.05) is 19.1 Å². The van der Waals surface area contributed by atoms with Crippen molar-refractivity contribution in [3.8, 4) is 0 Å². The topological polar surface area (TPSA) is 113 Å². The molecule has 29 heavy (non-hydrogen) atoms. The Morgan fingerprint density at radius 3 is 2.38 bits per heavy atom. The minimum atomic E-state index is -4.07. The maximum Gasteiger partial charge on any atom is 0.258 e. The monoisotopic (exact) mass is 419 g/mol. The average molecular weight is 419 g/mol. The summed E-state index contributed by atoms with van der Waals surface area (Å²) in [6, 6.07) is 9.18. The van der Waals surface area contributed by atoms with Crippen molar-refractivity contribution in [2.75, 3.05) is 13.1 Å². The molecule has 1 heterocycles. The summed E-state index contributed by atoms with van der Waals surface area (Å²) in [6.45, 7) is 1.29. The van der Waals surface area contributed by atoms with E-state index in [4.69, 9.17) is 0 Å². The van der Waals surface area contributed by atoms with Crippen LogP contribution in [0, 0.1) is 5.82 Å². The number of hydrogen-bond acceptors (Lipinski definition) is 5. The molecule has 2 aromatic carbocycles. The third-order valence-corrected chi connectivity index (χ3v) is 6.34. The Morgan fingerprint density at radius 2 is 1.72 bits per heavy atom. The molecule has 0 fully saturated rings. The Labute approximate surface area is 166 Å². The number of halogens is 1. The van der Waals surface area contributed by atoms with Crippen LogP contribution in [0.5, 0.6) is 0 Å². The van der Waals surface area contributed by atoms with Gasteiger partial charge < -0.3 is 5.32 Å². The van der Waals surface area contributed by atoms with Crippen LogP contribution >= 0.6 is 0 Å². The highest BCUT2D eigenvalue weighted by Crippen LogP contribution is 2.22. The Hall–Kier alpha value is -3.11. The second-order valence-electron chi connectivity index (χ2n) is 6.33. The van der Waals surface area contributed by atoms with Crippen molar-refractivity contribution in [3.63, 3.8) is 0 Å². The number of likely N-dealkylation sites (N-methyl/N-ethyl adjacent to an activating group) is 1. The Morgan fingerprint density at radius 1 is 1.07 bits per heavy atom. The predicted octanol–water partition coefficient (Wildman–Crippen LogP) is 1.04. The number of nitrogens with one attached hydrogen (secondary N) is 2. The fraction of sp³-hybridized carbons (Fsp3) is 0.211. The van der Waals surface area contributed by atoms with E-state index in [1.54, 1.807) is 6.92 Å². The van der Waals surface area contributed by atoms with E-state index in [9.17, 15) is 27.2 Å². The highest BCUT2D eigenvalue weighted by Gasteiger charge is 2.31. The van der Waals surface area contributed by atoms with Gasteiger partial charge in [0.05, 0.1) is 22.6 Å². The quantitative estimate of drug-likeness (QED) is 0.651. The third-order valence-electron chi connectivity index (χ3n) is 4.42. The molecule has 1 aliphatic heterocycles. The molecule has 0 unspecified atom stereocenters. The number of carbonyl (C=O) groups excluding carboxylic acids is 3. The summed E-state index contributed by atoms with van der Waals surface area (Å²) < 4.78 is 39.7. The molecule has 3 amide bonds. The lowest BCUT2D eigenvalue weighted by atomic mass is 10.1. The fourth-order valence-corrected chi connectivity index (χ4v) is 4.27. The minimum absolute atomic E-state index is 0.0205. The molecule has 0 aromatic heterocycles. The van der Waals surface area contributed by atoms with Crippen LogP contribution in [0.1, 0.15) is 33.2 Å². The van der Waals surface area contributed by atoms with Crippen LogP contribution in [0.2, 0.25) is 0 Å². The van der Waals surface area contributed by atoms with E-state index in [1.165, 1.54) is 36.4 Å². The first kappa shape index (κ1) is 20.6. The van der Waals surface area contributed by atoms with E-state index in [2.05, 4.69) is 10.6 Å². The van der Waals surface area contributed by atoms with Gasteiger partial charge in [0, 0.05) is 13.1 Å². The third kappa shape index (κ3) is 4.33. The van der Waals surface area contributed by atoms with Crippen LogP contribution in [0.3, 0.4) is 0 Å². The Kier molecular flexibility index (Phi) is 5.76. The zero-order valence-electron chi connectivity index (χ0n) is 15.4. The van der Waals surface area contributed by atoms with Gasteiger partial charge in [-0.05, 0) is 35.9 Å². The molecule has 0 radical (unpaired) electrons. The van der Waals surface area contributed by atoms with Crippen LogP contribution in [-0.4, -0.2) is 43.5 Å². The van der Waals surface area contributed by atoms with E-state index >= 15 is 0 Å². The number of amides is 3. The molecule has 2 aromatic rings. The first-order chi connectivity index (χ1) is 13.7. The highest BCUT2D eigenvalue weighted by atomic mass is 32.2. The lowest BCUT2D eigenvalue weighted by Gasteiger charge is -2.20. The molecule has 0 aliphatic carbocycles. The van der Waals surface area contributed by atoms with Gasteiger partial charge in [0.25, 0.3) is 11.8 Å². The molecule has 10 heteroatoms. The predicted molar refractivity (Wildman–Crippen MR) is 101 cm³/mol. The second-order valence-corrected chi connectivity index (χ2v) is 8.26. The largest absolute Gasteiger partial charge is 0.351 e. The Balaban J connectivity index is 1.72. The van der Waals surface area contributed by atoms with Gasteiger partial charge in [-0.25, -0.2) is 12.8 Å². The van der Waals surface area contributed by atoms with Gasteiger partial charge in [-0.2, -0.15) is 4.31 Å². The van der Waals surface area contributed by atoms with Crippen molar-refractivity contribution < 1.29 is 27.2 Å². The maximum absolute atomic E-state index is 12.9. The number of imide groups is 1. The molecule has 0 bridgehead atoms. The number of fused-ring (bicyclic) bond motifs is 1. The second kappa shape index (κ2) is 8.10. The molecular weight excluding hydrogens is 401 g/mol. The fourth-order valence-electron chi connectivity index (χ4n) is 2.84. The number of nitrogens with zero attached hydrogens (tertiary/aromatic N) is 1. The van der Waals surface area contributed by atoms with Gasteiger partial charge in [0.1, 0.15) is 5.82 Å². The van der Waals surface area contributed by atoms with Crippen molar-refractivity contribution in [3.05, 3.63) is 65.0 Å². The van der Waals surface area contributed by atoms with E-state index in [0.29, 0.717) is 5.56 Å². The van der Waals surface area contributed by atoms with Crippen LogP contribution in [0.4, 0.5) is 4.39 Å². The summed E-state index contributed by atoms with van der Waals surface area (Å²) in [5.41, 5.74) is 0.752. The van der Waals surface area contributed by atoms with Crippen LogP contribution in [0.25, 0.3) is 0 Å². The van der Waals surface area contributed by atoms with Crippen molar-refractivity contribution in [2.45, 2.75) is 18.4 Å². The molecule has 2 N–H and O–H groups in total. The molecule has 152 valence electrons. The molecule has 0 spiro atoms. The van der Waals surface area contributed by atoms with Gasteiger partial charge in [0.15, 0.2) is 0 Å². The van der Waals surface area contributed by atoms with Gasteiger partial charge in [0.2, 0.25) is 15.9 Å².